The monoisotopic (exact) mass is 509 g/mol. The first-order chi connectivity index (χ1) is 17.0. The highest BCUT2D eigenvalue weighted by Gasteiger charge is 2.20. The molecule has 4 aromatic rings. The summed E-state index contributed by atoms with van der Waals surface area (Å²) in [5.41, 5.74) is 1.92. The Labute approximate surface area is 212 Å². The van der Waals surface area contributed by atoms with E-state index in [9.17, 15) is 4.79 Å². The summed E-state index contributed by atoms with van der Waals surface area (Å²) in [4.78, 5) is 18.3. The van der Waals surface area contributed by atoms with Gasteiger partial charge in [0.25, 0.3) is 0 Å². The first-order valence-electron chi connectivity index (χ1n) is 11.2. The van der Waals surface area contributed by atoms with Crippen molar-refractivity contribution in [2.75, 3.05) is 18.2 Å². The molecule has 2 heterocycles. The number of aromatic nitrogens is 4. The molecule has 1 atom stereocenters. The fourth-order valence-corrected chi connectivity index (χ4v) is 5.18. The lowest BCUT2D eigenvalue weighted by Gasteiger charge is -2.15. The summed E-state index contributed by atoms with van der Waals surface area (Å²) in [5, 5.41) is 12.8. The molecule has 4 rings (SSSR count). The van der Waals surface area contributed by atoms with Crippen LogP contribution in [0.2, 0.25) is 0 Å². The van der Waals surface area contributed by atoms with Crippen molar-refractivity contribution in [3.05, 3.63) is 65.3 Å². The Balaban J connectivity index is 1.37. The Hall–Kier alpha value is -3.37. The number of nitrogens with zero attached hydrogens (tertiary/aromatic N) is 4. The van der Waals surface area contributed by atoms with Crippen LogP contribution in [0.3, 0.4) is 0 Å². The molecule has 0 saturated heterocycles. The van der Waals surface area contributed by atoms with Gasteiger partial charge in [-0.3, -0.25) is 4.79 Å². The number of nitrogens with one attached hydrogen (secondary N) is 1. The second-order valence-corrected chi connectivity index (χ2v) is 9.79. The van der Waals surface area contributed by atoms with Crippen LogP contribution < -0.4 is 14.8 Å². The molecule has 0 spiro atoms. The minimum absolute atomic E-state index is 0.141. The zero-order valence-electron chi connectivity index (χ0n) is 20.0. The van der Waals surface area contributed by atoms with E-state index in [-0.39, 0.29) is 17.8 Å². The number of hydrogen-bond donors (Lipinski definition) is 1. The van der Waals surface area contributed by atoms with Gasteiger partial charge >= 0.3 is 0 Å². The third kappa shape index (κ3) is 6.01. The molecule has 10 heteroatoms. The number of benzene rings is 2. The first kappa shape index (κ1) is 24.7. The van der Waals surface area contributed by atoms with E-state index in [1.165, 1.54) is 23.1 Å². The highest BCUT2D eigenvalue weighted by atomic mass is 32.2. The number of aryl methyl sites for hydroxylation is 1. The molecule has 182 valence electrons. The molecule has 0 aliphatic rings. The average molecular weight is 510 g/mol. The first-order valence-corrected chi connectivity index (χ1v) is 13.0. The zero-order chi connectivity index (χ0) is 24.8. The van der Waals surface area contributed by atoms with Crippen LogP contribution in [-0.4, -0.2) is 38.5 Å². The minimum atomic E-state index is -0.311. The van der Waals surface area contributed by atoms with Gasteiger partial charge in [0.15, 0.2) is 22.2 Å². The molecule has 8 nitrogen and oxygen atoms in total. The standard InChI is InChI=1S/C25H27N5O3S2/c1-5-30-23(16(2)33-20-13-11-19(32-4)12-14-20)28-29-25(30)34-15-21(31)26-24-27-22(17(3)35-24)18-9-7-6-8-10-18/h6-14,16H,5,15H2,1-4H3,(H,26,27,31). The van der Waals surface area contributed by atoms with E-state index >= 15 is 0 Å². The van der Waals surface area contributed by atoms with Gasteiger partial charge in [-0.1, -0.05) is 42.1 Å². The Bertz CT molecular complexity index is 1270. The number of ether oxygens (including phenoxy) is 2. The van der Waals surface area contributed by atoms with Crippen molar-refractivity contribution in [1.29, 1.82) is 0 Å². The molecule has 2 aromatic heterocycles. The molecule has 0 fully saturated rings. The van der Waals surface area contributed by atoms with Crippen molar-refractivity contribution in [3.8, 4) is 22.8 Å². The summed E-state index contributed by atoms with van der Waals surface area (Å²) >= 11 is 2.81. The summed E-state index contributed by atoms with van der Waals surface area (Å²) < 4.78 is 13.2. The van der Waals surface area contributed by atoms with Crippen molar-refractivity contribution < 1.29 is 14.3 Å². The highest BCUT2D eigenvalue weighted by molar-refractivity contribution is 7.99. The quantitative estimate of drug-likeness (QED) is 0.278. The lowest BCUT2D eigenvalue weighted by atomic mass is 10.1. The average Bonchev–Trinajstić information content (AvgIpc) is 3.46. The van der Waals surface area contributed by atoms with Gasteiger partial charge in [0.2, 0.25) is 5.91 Å². The van der Waals surface area contributed by atoms with E-state index in [0.717, 1.165) is 21.9 Å². The smallest absolute Gasteiger partial charge is 0.236 e. The third-order valence-corrected chi connectivity index (χ3v) is 7.07. The number of anilines is 1. The predicted octanol–water partition coefficient (Wildman–Crippen LogP) is 5.61. The molecule has 35 heavy (non-hydrogen) atoms. The van der Waals surface area contributed by atoms with E-state index in [2.05, 4.69) is 20.5 Å². The topological polar surface area (TPSA) is 91.2 Å². The number of hydrogen-bond acceptors (Lipinski definition) is 8. The normalized spacial score (nSPS) is 11.8. The number of amides is 1. The summed E-state index contributed by atoms with van der Waals surface area (Å²) in [6.45, 7) is 6.61. The van der Waals surface area contributed by atoms with E-state index in [1.54, 1.807) is 7.11 Å². The predicted molar refractivity (Wildman–Crippen MR) is 139 cm³/mol. The highest BCUT2D eigenvalue weighted by Crippen LogP contribution is 2.31. The molecular weight excluding hydrogens is 482 g/mol. The summed E-state index contributed by atoms with van der Waals surface area (Å²) in [7, 11) is 1.63. The Morgan fingerprint density at radius 1 is 1.11 bits per heavy atom. The van der Waals surface area contributed by atoms with Crippen LogP contribution in [0.1, 0.15) is 30.7 Å². The van der Waals surface area contributed by atoms with E-state index in [4.69, 9.17) is 9.47 Å². The van der Waals surface area contributed by atoms with Crippen LogP contribution in [0.5, 0.6) is 11.5 Å². The second-order valence-electron chi connectivity index (χ2n) is 7.65. The Kier molecular flexibility index (Phi) is 8.04. The number of methoxy groups -OCH3 is 1. The van der Waals surface area contributed by atoms with Crippen LogP contribution in [0, 0.1) is 6.92 Å². The van der Waals surface area contributed by atoms with Crippen LogP contribution in [0.4, 0.5) is 5.13 Å². The number of carbonyl (C=O) groups excluding carboxylic acids is 1. The van der Waals surface area contributed by atoms with Crippen LogP contribution in [0.25, 0.3) is 11.3 Å². The summed E-state index contributed by atoms with van der Waals surface area (Å²) in [6.07, 6.45) is -0.311. The van der Waals surface area contributed by atoms with Crippen molar-refractivity contribution in [3.63, 3.8) is 0 Å². The van der Waals surface area contributed by atoms with Crippen LogP contribution in [0.15, 0.2) is 59.8 Å². The molecule has 0 bridgehead atoms. The Morgan fingerprint density at radius 2 is 1.83 bits per heavy atom. The zero-order valence-corrected chi connectivity index (χ0v) is 21.7. The summed E-state index contributed by atoms with van der Waals surface area (Å²) in [6, 6.07) is 17.3. The molecule has 2 aromatic carbocycles. The molecule has 1 amide bonds. The van der Waals surface area contributed by atoms with Gasteiger partial charge in [0.05, 0.1) is 18.6 Å². The lowest BCUT2D eigenvalue weighted by molar-refractivity contribution is -0.113. The van der Waals surface area contributed by atoms with Gasteiger partial charge in [0.1, 0.15) is 11.5 Å². The number of carbonyl (C=O) groups is 1. The van der Waals surface area contributed by atoms with Crippen molar-refractivity contribution >= 4 is 34.1 Å². The van der Waals surface area contributed by atoms with Crippen LogP contribution >= 0.6 is 23.1 Å². The van der Waals surface area contributed by atoms with Crippen molar-refractivity contribution in [2.45, 2.75) is 38.6 Å². The largest absolute Gasteiger partial charge is 0.497 e. The van der Waals surface area contributed by atoms with Gasteiger partial charge in [0, 0.05) is 17.0 Å². The van der Waals surface area contributed by atoms with Crippen molar-refractivity contribution in [2.24, 2.45) is 0 Å². The van der Waals surface area contributed by atoms with E-state index < -0.39 is 0 Å². The molecule has 1 N–H and O–H groups in total. The van der Waals surface area contributed by atoms with E-state index in [0.29, 0.717) is 28.4 Å². The number of thiazole rings is 1. The number of thioether (sulfide) groups is 1. The number of rotatable bonds is 10. The second kappa shape index (κ2) is 11.4. The maximum Gasteiger partial charge on any atom is 0.236 e. The van der Waals surface area contributed by atoms with Crippen LogP contribution in [-0.2, 0) is 11.3 Å². The SMILES string of the molecule is CCn1c(SCC(=O)Nc2nc(-c3ccccc3)c(C)s2)nnc1C(C)Oc1ccc(OC)cc1. The molecule has 0 radical (unpaired) electrons. The summed E-state index contributed by atoms with van der Waals surface area (Å²) in [5.74, 6) is 2.24. The lowest BCUT2D eigenvalue weighted by Crippen LogP contribution is -2.15. The van der Waals surface area contributed by atoms with Gasteiger partial charge in [-0.25, -0.2) is 4.98 Å². The van der Waals surface area contributed by atoms with Gasteiger partial charge < -0.3 is 19.4 Å². The van der Waals surface area contributed by atoms with Gasteiger partial charge in [-0.05, 0) is 45.0 Å². The molecule has 0 aliphatic heterocycles. The minimum Gasteiger partial charge on any atom is -0.497 e. The fourth-order valence-electron chi connectivity index (χ4n) is 3.52. The maximum atomic E-state index is 12.6. The van der Waals surface area contributed by atoms with Gasteiger partial charge in [-0.2, -0.15) is 0 Å². The van der Waals surface area contributed by atoms with E-state index in [1.807, 2.05) is 79.9 Å². The van der Waals surface area contributed by atoms with Gasteiger partial charge in [-0.15, -0.1) is 21.5 Å². The maximum absolute atomic E-state index is 12.6. The fraction of sp³-hybridized carbons (Fsp3) is 0.280. The molecule has 0 aliphatic carbocycles. The Morgan fingerprint density at radius 3 is 2.51 bits per heavy atom. The molecular formula is C25H27N5O3S2. The third-order valence-electron chi connectivity index (χ3n) is 5.22. The van der Waals surface area contributed by atoms with Crippen molar-refractivity contribution in [1.82, 2.24) is 19.7 Å². The molecule has 0 saturated carbocycles. The molecule has 1 unspecified atom stereocenters.